The fourth-order valence-corrected chi connectivity index (χ4v) is 1.77. The second kappa shape index (κ2) is 10.0. The van der Waals surface area contributed by atoms with Gasteiger partial charge in [0.25, 0.3) is 5.91 Å². The smallest absolute Gasteiger partial charge is 0.326 e. The summed E-state index contributed by atoms with van der Waals surface area (Å²) in [6.07, 6.45) is 7.13. The van der Waals surface area contributed by atoms with Gasteiger partial charge in [0, 0.05) is 25.4 Å². The fraction of sp³-hybridized carbons (Fsp3) is 0.400. The first-order valence-corrected chi connectivity index (χ1v) is 7.22. The van der Waals surface area contributed by atoms with E-state index >= 15 is 0 Å². The highest BCUT2D eigenvalue weighted by molar-refractivity contribution is 5.91. The fourth-order valence-electron chi connectivity index (χ4n) is 1.77. The zero-order chi connectivity index (χ0) is 17.1. The SMILES string of the molecule is C=CCCC(=O)N[C@@H](CCCNC(=O)c1cnccn1)C(=O)O. The zero-order valence-electron chi connectivity index (χ0n) is 12.7. The largest absolute Gasteiger partial charge is 0.480 e. The van der Waals surface area contributed by atoms with Gasteiger partial charge in [0.05, 0.1) is 6.20 Å². The van der Waals surface area contributed by atoms with E-state index in [9.17, 15) is 14.4 Å². The molecule has 0 aliphatic rings. The van der Waals surface area contributed by atoms with Crippen molar-refractivity contribution in [1.29, 1.82) is 0 Å². The second-order valence-electron chi connectivity index (χ2n) is 4.77. The average Bonchev–Trinajstić information content (AvgIpc) is 2.56. The van der Waals surface area contributed by atoms with Crippen LogP contribution in [0.5, 0.6) is 0 Å². The topological polar surface area (TPSA) is 121 Å². The summed E-state index contributed by atoms with van der Waals surface area (Å²) in [6.45, 7) is 3.78. The molecular formula is C15H20N4O4. The molecule has 8 nitrogen and oxygen atoms in total. The third-order valence-electron chi connectivity index (χ3n) is 2.96. The summed E-state index contributed by atoms with van der Waals surface area (Å²) in [5.41, 5.74) is 0.194. The van der Waals surface area contributed by atoms with Gasteiger partial charge >= 0.3 is 5.97 Å². The first-order chi connectivity index (χ1) is 11.0. The minimum Gasteiger partial charge on any atom is -0.480 e. The van der Waals surface area contributed by atoms with Gasteiger partial charge in [-0.1, -0.05) is 6.08 Å². The van der Waals surface area contributed by atoms with Crippen LogP contribution in [0.2, 0.25) is 0 Å². The normalized spacial score (nSPS) is 11.3. The Balaban J connectivity index is 2.33. The number of allylic oxidation sites excluding steroid dienone is 1. The molecule has 0 aliphatic heterocycles. The number of carboxylic acids is 1. The maximum absolute atomic E-state index is 11.7. The number of carboxylic acid groups (broad SMARTS) is 1. The van der Waals surface area contributed by atoms with Gasteiger partial charge in [0.2, 0.25) is 5.91 Å². The number of nitrogens with one attached hydrogen (secondary N) is 2. The van der Waals surface area contributed by atoms with Crippen molar-refractivity contribution in [2.75, 3.05) is 6.54 Å². The lowest BCUT2D eigenvalue weighted by Crippen LogP contribution is -2.41. The Morgan fingerprint density at radius 1 is 1.35 bits per heavy atom. The van der Waals surface area contributed by atoms with Crippen LogP contribution < -0.4 is 10.6 Å². The number of aromatic nitrogens is 2. The van der Waals surface area contributed by atoms with Crippen molar-refractivity contribution in [3.05, 3.63) is 36.9 Å². The first kappa shape index (κ1) is 18.3. The molecule has 8 heteroatoms. The molecule has 0 spiro atoms. The minimum atomic E-state index is -1.10. The molecule has 1 aromatic heterocycles. The number of hydrogen-bond acceptors (Lipinski definition) is 5. The highest BCUT2D eigenvalue weighted by atomic mass is 16.4. The van der Waals surface area contributed by atoms with Crippen LogP contribution in [0.4, 0.5) is 0 Å². The van der Waals surface area contributed by atoms with Crippen LogP contribution in [0, 0.1) is 0 Å². The predicted octanol–water partition coefficient (Wildman–Crippen LogP) is 0.522. The molecule has 3 N–H and O–H groups in total. The second-order valence-corrected chi connectivity index (χ2v) is 4.77. The molecule has 0 saturated carbocycles. The van der Waals surface area contributed by atoms with Gasteiger partial charge in [-0.15, -0.1) is 6.58 Å². The molecule has 1 heterocycles. The Morgan fingerprint density at radius 2 is 2.13 bits per heavy atom. The van der Waals surface area contributed by atoms with Gasteiger partial charge in [-0.2, -0.15) is 0 Å². The van der Waals surface area contributed by atoms with Crippen molar-refractivity contribution in [1.82, 2.24) is 20.6 Å². The van der Waals surface area contributed by atoms with Crippen molar-refractivity contribution >= 4 is 17.8 Å². The van der Waals surface area contributed by atoms with Gasteiger partial charge in [-0.05, 0) is 19.3 Å². The van der Waals surface area contributed by atoms with Crippen LogP contribution in [0.25, 0.3) is 0 Å². The van der Waals surface area contributed by atoms with Gasteiger partial charge < -0.3 is 15.7 Å². The molecule has 0 fully saturated rings. The quantitative estimate of drug-likeness (QED) is 0.427. The third-order valence-corrected chi connectivity index (χ3v) is 2.96. The number of amides is 2. The summed E-state index contributed by atoms with van der Waals surface area (Å²) >= 11 is 0. The van der Waals surface area contributed by atoms with Crippen LogP contribution in [0.1, 0.15) is 36.2 Å². The molecule has 0 bridgehead atoms. The number of carbonyl (C=O) groups is 3. The lowest BCUT2D eigenvalue weighted by molar-refractivity contribution is -0.142. The Labute approximate surface area is 134 Å². The van der Waals surface area contributed by atoms with E-state index in [2.05, 4.69) is 27.2 Å². The van der Waals surface area contributed by atoms with Crippen molar-refractivity contribution in [3.8, 4) is 0 Å². The van der Waals surface area contributed by atoms with Gasteiger partial charge in [0.15, 0.2) is 0 Å². The van der Waals surface area contributed by atoms with Crippen molar-refractivity contribution in [2.45, 2.75) is 31.7 Å². The van der Waals surface area contributed by atoms with Crippen molar-refractivity contribution in [2.24, 2.45) is 0 Å². The summed E-state index contributed by atoms with van der Waals surface area (Å²) in [4.78, 5) is 42.0. The first-order valence-electron chi connectivity index (χ1n) is 7.22. The summed E-state index contributed by atoms with van der Waals surface area (Å²) in [5.74, 6) is -1.81. The van der Waals surface area contributed by atoms with Crippen LogP contribution in [0.3, 0.4) is 0 Å². The Bertz CT molecular complexity index is 548. The number of hydrogen-bond donors (Lipinski definition) is 3. The summed E-state index contributed by atoms with van der Waals surface area (Å²) in [5, 5.41) is 14.2. The van der Waals surface area contributed by atoms with Crippen molar-refractivity contribution < 1.29 is 19.5 Å². The molecule has 0 aliphatic carbocycles. The van der Waals surface area contributed by atoms with E-state index in [0.717, 1.165) is 0 Å². The molecule has 1 atom stereocenters. The molecule has 1 aromatic rings. The highest BCUT2D eigenvalue weighted by Crippen LogP contribution is 2.00. The van der Waals surface area contributed by atoms with E-state index in [1.165, 1.54) is 18.6 Å². The Hall–Kier alpha value is -2.77. The maximum atomic E-state index is 11.7. The summed E-state index contributed by atoms with van der Waals surface area (Å²) in [6, 6.07) is -0.972. The predicted molar refractivity (Wildman–Crippen MR) is 82.6 cm³/mol. The molecule has 0 radical (unpaired) electrons. The van der Waals surface area contributed by atoms with E-state index in [1.807, 2.05) is 0 Å². The molecular weight excluding hydrogens is 300 g/mol. The monoisotopic (exact) mass is 320 g/mol. The number of aliphatic carboxylic acids is 1. The van der Waals surface area contributed by atoms with E-state index in [0.29, 0.717) is 12.8 Å². The van der Waals surface area contributed by atoms with Crippen molar-refractivity contribution in [3.63, 3.8) is 0 Å². The molecule has 0 aromatic carbocycles. The van der Waals surface area contributed by atoms with Crippen LogP contribution in [0.15, 0.2) is 31.2 Å². The molecule has 23 heavy (non-hydrogen) atoms. The minimum absolute atomic E-state index is 0.194. The standard InChI is InChI=1S/C15H20N4O4/c1-2-3-6-13(20)19-11(15(22)23)5-4-7-18-14(21)12-10-16-8-9-17-12/h2,8-11H,1,3-7H2,(H,18,21)(H,19,20)(H,22,23)/t11-/m0/s1. The van der Waals surface area contributed by atoms with Crippen LogP contribution in [-0.4, -0.2) is 45.4 Å². The molecule has 0 unspecified atom stereocenters. The highest BCUT2D eigenvalue weighted by Gasteiger charge is 2.19. The Kier molecular flexibility index (Phi) is 7.98. The van der Waals surface area contributed by atoms with E-state index in [-0.39, 0.29) is 36.9 Å². The number of nitrogens with zero attached hydrogens (tertiary/aromatic N) is 2. The summed E-state index contributed by atoms with van der Waals surface area (Å²) in [7, 11) is 0. The van der Waals surface area contributed by atoms with E-state index in [4.69, 9.17) is 5.11 Å². The average molecular weight is 320 g/mol. The van der Waals surface area contributed by atoms with Crippen LogP contribution >= 0.6 is 0 Å². The maximum Gasteiger partial charge on any atom is 0.326 e. The lowest BCUT2D eigenvalue weighted by atomic mass is 10.1. The summed E-state index contributed by atoms with van der Waals surface area (Å²) < 4.78 is 0. The van der Waals surface area contributed by atoms with E-state index < -0.39 is 12.0 Å². The molecule has 124 valence electrons. The van der Waals surface area contributed by atoms with Gasteiger partial charge in [-0.25, -0.2) is 9.78 Å². The Morgan fingerprint density at radius 3 is 2.74 bits per heavy atom. The molecule has 1 rings (SSSR count). The zero-order valence-corrected chi connectivity index (χ0v) is 12.7. The molecule has 2 amide bonds. The van der Waals surface area contributed by atoms with Gasteiger partial charge in [0.1, 0.15) is 11.7 Å². The van der Waals surface area contributed by atoms with Gasteiger partial charge in [-0.3, -0.25) is 14.6 Å². The number of carbonyl (C=O) groups excluding carboxylic acids is 2. The third kappa shape index (κ3) is 7.16. The molecule has 0 saturated heterocycles. The lowest BCUT2D eigenvalue weighted by Gasteiger charge is -2.14. The van der Waals surface area contributed by atoms with E-state index in [1.54, 1.807) is 6.08 Å². The van der Waals surface area contributed by atoms with Crippen LogP contribution in [-0.2, 0) is 9.59 Å². The number of rotatable bonds is 10.